The summed E-state index contributed by atoms with van der Waals surface area (Å²) < 4.78 is 5.65. The molecule has 0 fully saturated rings. The third-order valence-corrected chi connectivity index (χ3v) is 2.23. The van der Waals surface area contributed by atoms with Crippen molar-refractivity contribution < 1.29 is 4.74 Å². The zero-order valence-electron chi connectivity index (χ0n) is 9.99. The Morgan fingerprint density at radius 2 is 2.31 bits per heavy atom. The van der Waals surface area contributed by atoms with Crippen LogP contribution in [0.3, 0.4) is 0 Å². The van der Waals surface area contributed by atoms with Gasteiger partial charge in [0.15, 0.2) is 0 Å². The largest absolute Gasteiger partial charge is 0.492 e. The standard InChI is InChI=1S/C13H18N2O/c1-3-8-16-13-9-11(2)10-15-12(13)6-4-5-7-14/h9-10H,3-6,8H2,1-2H3. The van der Waals surface area contributed by atoms with Crippen LogP contribution in [-0.2, 0) is 6.42 Å². The summed E-state index contributed by atoms with van der Waals surface area (Å²) in [5, 5.41) is 8.50. The molecule has 0 N–H and O–H groups in total. The quantitative estimate of drug-likeness (QED) is 0.689. The van der Waals surface area contributed by atoms with E-state index in [0.717, 1.165) is 42.9 Å². The van der Waals surface area contributed by atoms with Crippen molar-refractivity contribution in [3.8, 4) is 11.8 Å². The molecular formula is C13H18N2O. The van der Waals surface area contributed by atoms with Gasteiger partial charge in [-0.1, -0.05) is 6.92 Å². The molecule has 0 unspecified atom stereocenters. The highest BCUT2D eigenvalue weighted by molar-refractivity contribution is 5.31. The zero-order valence-corrected chi connectivity index (χ0v) is 9.99. The van der Waals surface area contributed by atoms with Crippen molar-refractivity contribution in [2.75, 3.05) is 6.61 Å². The number of pyridine rings is 1. The SMILES string of the molecule is CCCOc1cc(C)cnc1CCCC#N. The fourth-order valence-electron chi connectivity index (χ4n) is 1.43. The predicted molar refractivity (Wildman–Crippen MR) is 63.3 cm³/mol. The number of unbranched alkanes of at least 4 members (excludes halogenated alkanes) is 1. The molecule has 0 spiro atoms. The molecular weight excluding hydrogens is 200 g/mol. The molecule has 1 rings (SSSR count). The van der Waals surface area contributed by atoms with Crippen LogP contribution in [0.4, 0.5) is 0 Å². The molecule has 0 bridgehead atoms. The van der Waals surface area contributed by atoms with Gasteiger partial charge in [0.1, 0.15) is 5.75 Å². The van der Waals surface area contributed by atoms with Gasteiger partial charge in [-0.15, -0.1) is 0 Å². The van der Waals surface area contributed by atoms with Crippen LogP contribution in [0.25, 0.3) is 0 Å². The van der Waals surface area contributed by atoms with Crippen molar-refractivity contribution in [3.05, 3.63) is 23.5 Å². The molecule has 0 aliphatic heterocycles. The van der Waals surface area contributed by atoms with Crippen molar-refractivity contribution in [1.82, 2.24) is 4.98 Å². The van der Waals surface area contributed by atoms with Crippen LogP contribution in [0.1, 0.15) is 37.4 Å². The highest BCUT2D eigenvalue weighted by Crippen LogP contribution is 2.19. The van der Waals surface area contributed by atoms with Gasteiger partial charge >= 0.3 is 0 Å². The van der Waals surface area contributed by atoms with Crippen LogP contribution in [0.5, 0.6) is 5.75 Å². The lowest BCUT2D eigenvalue weighted by molar-refractivity contribution is 0.312. The van der Waals surface area contributed by atoms with E-state index in [1.54, 1.807) is 0 Å². The number of ether oxygens (including phenoxy) is 1. The molecule has 1 aromatic heterocycles. The maximum Gasteiger partial charge on any atom is 0.141 e. The second-order valence-electron chi connectivity index (χ2n) is 3.82. The molecule has 1 heterocycles. The van der Waals surface area contributed by atoms with Gasteiger partial charge in [0.25, 0.3) is 0 Å². The van der Waals surface area contributed by atoms with Crippen LogP contribution >= 0.6 is 0 Å². The first-order valence-corrected chi connectivity index (χ1v) is 5.73. The number of hydrogen-bond donors (Lipinski definition) is 0. The molecule has 0 aromatic carbocycles. The first-order valence-electron chi connectivity index (χ1n) is 5.73. The molecule has 0 saturated heterocycles. The molecule has 16 heavy (non-hydrogen) atoms. The van der Waals surface area contributed by atoms with Gasteiger partial charge in [-0.2, -0.15) is 5.26 Å². The average molecular weight is 218 g/mol. The Morgan fingerprint density at radius 1 is 1.50 bits per heavy atom. The van der Waals surface area contributed by atoms with Crippen LogP contribution in [-0.4, -0.2) is 11.6 Å². The van der Waals surface area contributed by atoms with E-state index in [1.165, 1.54) is 0 Å². The zero-order chi connectivity index (χ0) is 11.8. The molecule has 0 aliphatic rings. The summed E-state index contributed by atoms with van der Waals surface area (Å²) >= 11 is 0. The maximum atomic E-state index is 8.50. The molecule has 86 valence electrons. The van der Waals surface area contributed by atoms with Gasteiger partial charge < -0.3 is 4.74 Å². The van der Waals surface area contributed by atoms with Crippen molar-refractivity contribution in [1.29, 1.82) is 5.26 Å². The Labute approximate surface area is 97.1 Å². The number of aromatic nitrogens is 1. The second-order valence-corrected chi connectivity index (χ2v) is 3.82. The van der Waals surface area contributed by atoms with Gasteiger partial charge in [-0.3, -0.25) is 4.98 Å². The Hall–Kier alpha value is -1.56. The number of nitrogens with zero attached hydrogens (tertiary/aromatic N) is 2. The van der Waals surface area contributed by atoms with Gasteiger partial charge in [-0.25, -0.2) is 0 Å². The van der Waals surface area contributed by atoms with E-state index in [9.17, 15) is 0 Å². The molecule has 0 radical (unpaired) electrons. The lowest BCUT2D eigenvalue weighted by Gasteiger charge is -2.10. The minimum absolute atomic E-state index is 0.572. The topological polar surface area (TPSA) is 45.9 Å². The Balaban J connectivity index is 2.69. The van der Waals surface area contributed by atoms with E-state index in [-0.39, 0.29) is 0 Å². The molecule has 0 aliphatic carbocycles. The monoisotopic (exact) mass is 218 g/mol. The van der Waals surface area contributed by atoms with E-state index >= 15 is 0 Å². The van der Waals surface area contributed by atoms with Crippen molar-refractivity contribution in [3.63, 3.8) is 0 Å². The minimum atomic E-state index is 0.572. The Kier molecular flexibility index (Phi) is 5.35. The summed E-state index contributed by atoms with van der Waals surface area (Å²) in [4.78, 5) is 4.37. The van der Waals surface area contributed by atoms with Crippen molar-refractivity contribution in [2.24, 2.45) is 0 Å². The Morgan fingerprint density at radius 3 is 3.00 bits per heavy atom. The van der Waals surface area contributed by atoms with E-state index in [4.69, 9.17) is 10.00 Å². The summed E-state index contributed by atoms with van der Waals surface area (Å²) in [5.74, 6) is 0.875. The summed E-state index contributed by atoms with van der Waals surface area (Å²) in [7, 11) is 0. The fraction of sp³-hybridized carbons (Fsp3) is 0.538. The lowest BCUT2D eigenvalue weighted by Crippen LogP contribution is -2.01. The maximum absolute atomic E-state index is 8.50. The molecule has 0 atom stereocenters. The number of nitriles is 1. The normalized spacial score (nSPS) is 9.81. The van der Waals surface area contributed by atoms with Crippen LogP contribution in [0.2, 0.25) is 0 Å². The predicted octanol–water partition coefficient (Wildman–Crippen LogP) is 3.03. The Bertz CT molecular complexity index is 369. The number of hydrogen-bond acceptors (Lipinski definition) is 3. The summed E-state index contributed by atoms with van der Waals surface area (Å²) in [6.45, 7) is 4.81. The van der Waals surface area contributed by atoms with Gasteiger partial charge in [0, 0.05) is 12.6 Å². The molecule has 1 aromatic rings. The summed E-state index contributed by atoms with van der Waals surface area (Å²) in [6.07, 6.45) is 5.07. The van der Waals surface area contributed by atoms with Gasteiger partial charge in [0.05, 0.1) is 18.4 Å². The highest BCUT2D eigenvalue weighted by atomic mass is 16.5. The van der Waals surface area contributed by atoms with Gasteiger partial charge in [0.2, 0.25) is 0 Å². The molecule has 0 amide bonds. The fourth-order valence-corrected chi connectivity index (χ4v) is 1.43. The summed E-state index contributed by atoms with van der Waals surface area (Å²) in [6, 6.07) is 4.16. The van der Waals surface area contributed by atoms with Crippen molar-refractivity contribution in [2.45, 2.75) is 39.5 Å². The van der Waals surface area contributed by atoms with E-state index in [0.29, 0.717) is 6.42 Å². The third kappa shape index (κ3) is 3.90. The molecule has 3 nitrogen and oxygen atoms in total. The van der Waals surface area contributed by atoms with E-state index < -0.39 is 0 Å². The highest BCUT2D eigenvalue weighted by Gasteiger charge is 2.05. The van der Waals surface area contributed by atoms with Crippen LogP contribution in [0.15, 0.2) is 12.3 Å². The lowest BCUT2D eigenvalue weighted by atomic mass is 10.1. The summed E-state index contributed by atoms with van der Waals surface area (Å²) in [5.41, 5.74) is 2.07. The van der Waals surface area contributed by atoms with Crippen molar-refractivity contribution >= 4 is 0 Å². The first-order chi connectivity index (χ1) is 7.77. The van der Waals surface area contributed by atoms with E-state index in [2.05, 4.69) is 18.0 Å². The van der Waals surface area contributed by atoms with E-state index in [1.807, 2.05) is 19.2 Å². The first kappa shape index (κ1) is 12.5. The van der Waals surface area contributed by atoms with Crippen LogP contribution in [0, 0.1) is 18.3 Å². The average Bonchev–Trinajstić information content (AvgIpc) is 2.29. The van der Waals surface area contributed by atoms with Crippen LogP contribution < -0.4 is 4.74 Å². The number of aryl methyl sites for hydroxylation is 2. The molecule has 3 heteroatoms. The minimum Gasteiger partial charge on any atom is -0.492 e. The number of rotatable bonds is 6. The second kappa shape index (κ2) is 6.84. The van der Waals surface area contributed by atoms with Gasteiger partial charge in [-0.05, 0) is 37.8 Å². The third-order valence-electron chi connectivity index (χ3n) is 2.23. The molecule has 0 saturated carbocycles. The smallest absolute Gasteiger partial charge is 0.141 e.